The Bertz CT molecular complexity index is 1550. The molecule has 0 amide bonds. The summed E-state index contributed by atoms with van der Waals surface area (Å²) in [7, 11) is 0. The van der Waals surface area contributed by atoms with E-state index in [1.165, 1.54) is 21.9 Å². The first-order valence-electron chi connectivity index (χ1n) is 12.4. The summed E-state index contributed by atoms with van der Waals surface area (Å²) in [6.45, 7) is 13.2. The van der Waals surface area contributed by atoms with E-state index in [-0.39, 0.29) is 11.2 Å². The minimum Gasteiger partial charge on any atom is -0.507 e. The number of phenols is 1. The first-order chi connectivity index (χ1) is 16.6. The second kappa shape index (κ2) is 8.57. The van der Waals surface area contributed by atoms with Crippen LogP contribution in [0.2, 0.25) is 0 Å². The quantitative estimate of drug-likeness (QED) is 0.289. The molecule has 2 aromatic heterocycles. The normalized spacial score (nSPS) is 12.2. The average Bonchev–Trinajstić information content (AvgIpc) is 3.12. The zero-order valence-electron chi connectivity index (χ0n) is 21.4. The summed E-state index contributed by atoms with van der Waals surface area (Å²) in [6.07, 6.45) is 2.75. The number of aromatic nitrogens is 1. The van der Waals surface area contributed by atoms with Gasteiger partial charge >= 0.3 is 0 Å². The van der Waals surface area contributed by atoms with E-state index in [1.54, 1.807) is 6.07 Å². The fourth-order valence-electron chi connectivity index (χ4n) is 5.15. The van der Waals surface area contributed by atoms with E-state index in [2.05, 4.69) is 71.0 Å². The van der Waals surface area contributed by atoms with Gasteiger partial charge in [0.2, 0.25) is 0 Å². The fourth-order valence-corrected chi connectivity index (χ4v) is 5.15. The predicted octanol–water partition coefficient (Wildman–Crippen LogP) is 8.83. The zero-order valence-corrected chi connectivity index (χ0v) is 21.4. The Hall–Kier alpha value is -3.59. The van der Waals surface area contributed by atoms with Crippen molar-refractivity contribution in [3.8, 4) is 28.1 Å². The number of benzene rings is 3. The second-order valence-corrected chi connectivity index (χ2v) is 11.0. The molecule has 0 unspecified atom stereocenters. The molecule has 3 heteroatoms. The van der Waals surface area contributed by atoms with Crippen LogP contribution in [-0.4, -0.2) is 10.1 Å². The molecule has 0 fully saturated rings. The van der Waals surface area contributed by atoms with Gasteiger partial charge in [-0.05, 0) is 71.3 Å². The minimum atomic E-state index is -0.0312. The van der Waals surface area contributed by atoms with E-state index in [1.807, 2.05) is 31.3 Å². The molecular weight excluding hydrogens is 430 g/mol. The lowest BCUT2D eigenvalue weighted by Crippen LogP contribution is -2.12. The predicted molar refractivity (Wildman–Crippen MR) is 146 cm³/mol. The molecule has 0 atom stereocenters. The lowest BCUT2D eigenvalue weighted by Gasteiger charge is -2.23. The van der Waals surface area contributed by atoms with Crippen LogP contribution >= 0.6 is 0 Å². The molecule has 0 spiro atoms. The Kier molecular flexibility index (Phi) is 5.67. The molecule has 35 heavy (non-hydrogen) atoms. The third-order valence-corrected chi connectivity index (χ3v) is 6.77. The number of rotatable bonds is 4. The molecule has 0 saturated heterocycles. The van der Waals surface area contributed by atoms with Gasteiger partial charge in [0.1, 0.15) is 17.1 Å². The van der Waals surface area contributed by atoms with Crippen molar-refractivity contribution >= 4 is 21.7 Å². The molecule has 178 valence electrons. The molecule has 0 aliphatic carbocycles. The van der Waals surface area contributed by atoms with Gasteiger partial charge in [0.15, 0.2) is 0 Å². The van der Waals surface area contributed by atoms with E-state index >= 15 is 0 Å². The Labute approximate surface area is 207 Å². The molecule has 5 rings (SSSR count). The maximum absolute atomic E-state index is 11.1. The Morgan fingerprint density at radius 3 is 2.46 bits per heavy atom. The summed E-state index contributed by atoms with van der Waals surface area (Å²) in [5.41, 5.74) is 6.63. The molecule has 2 heterocycles. The van der Waals surface area contributed by atoms with Gasteiger partial charge in [-0.3, -0.25) is 4.98 Å². The SMILES string of the molecule is Cc1oc2c(-c3cccnc3-c3cc(C(C)(C)C)c4ccccc4c3)c(O)ccc2c1CC(C)C. The van der Waals surface area contributed by atoms with Crippen LogP contribution in [0, 0.1) is 12.8 Å². The summed E-state index contributed by atoms with van der Waals surface area (Å²) >= 11 is 0. The van der Waals surface area contributed by atoms with E-state index in [9.17, 15) is 5.11 Å². The van der Waals surface area contributed by atoms with Gasteiger partial charge in [0, 0.05) is 28.3 Å². The van der Waals surface area contributed by atoms with Crippen LogP contribution in [0.5, 0.6) is 5.75 Å². The number of hydrogen-bond donors (Lipinski definition) is 1. The number of nitrogens with zero attached hydrogens (tertiary/aromatic N) is 1. The lowest BCUT2D eigenvalue weighted by molar-refractivity contribution is 0.476. The summed E-state index contributed by atoms with van der Waals surface area (Å²) in [6, 6.07) is 20.7. The molecule has 3 aromatic carbocycles. The van der Waals surface area contributed by atoms with Crippen LogP contribution in [0.1, 0.15) is 51.5 Å². The van der Waals surface area contributed by atoms with Crippen molar-refractivity contribution in [1.82, 2.24) is 4.98 Å². The fraction of sp³-hybridized carbons (Fsp3) is 0.281. The number of phenolic OH excluding ortho intramolecular Hbond substituents is 1. The van der Waals surface area contributed by atoms with Crippen LogP contribution < -0.4 is 0 Å². The van der Waals surface area contributed by atoms with Crippen LogP contribution in [0.25, 0.3) is 44.1 Å². The summed E-state index contributed by atoms with van der Waals surface area (Å²) in [5.74, 6) is 1.62. The lowest BCUT2D eigenvalue weighted by atomic mass is 9.82. The van der Waals surface area contributed by atoms with Gasteiger partial charge in [0.25, 0.3) is 0 Å². The smallest absolute Gasteiger partial charge is 0.146 e. The van der Waals surface area contributed by atoms with Gasteiger partial charge in [-0.15, -0.1) is 0 Å². The number of hydrogen-bond acceptors (Lipinski definition) is 3. The summed E-state index contributed by atoms with van der Waals surface area (Å²) in [5, 5.41) is 14.6. The number of aromatic hydroxyl groups is 1. The van der Waals surface area contributed by atoms with Crippen LogP contribution in [0.3, 0.4) is 0 Å². The molecule has 5 aromatic rings. The van der Waals surface area contributed by atoms with Gasteiger partial charge in [-0.1, -0.05) is 65.0 Å². The maximum atomic E-state index is 11.1. The van der Waals surface area contributed by atoms with Gasteiger partial charge in [-0.25, -0.2) is 0 Å². The second-order valence-electron chi connectivity index (χ2n) is 11.0. The van der Waals surface area contributed by atoms with Gasteiger partial charge in [0.05, 0.1) is 11.3 Å². The monoisotopic (exact) mass is 463 g/mol. The zero-order chi connectivity index (χ0) is 24.9. The van der Waals surface area contributed by atoms with Crippen LogP contribution in [0.15, 0.2) is 71.3 Å². The van der Waals surface area contributed by atoms with E-state index in [4.69, 9.17) is 9.40 Å². The summed E-state index contributed by atoms with van der Waals surface area (Å²) < 4.78 is 6.32. The first kappa shape index (κ1) is 23.2. The van der Waals surface area contributed by atoms with E-state index < -0.39 is 0 Å². The van der Waals surface area contributed by atoms with Crippen LogP contribution in [-0.2, 0) is 11.8 Å². The third-order valence-electron chi connectivity index (χ3n) is 6.77. The molecule has 0 radical (unpaired) electrons. The number of fused-ring (bicyclic) bond motifs is 2. The van der Waals surface area contributed by atoms with Crippen molar-refractivity contribution in [1.29, 1.82) is 0 Å². The van der Waals surface area contributed by atoms with Crippen molar-refractivity contribution in [2.24, 2.45) is 5.92 Å². The average molecular weight is 464 g/mol. The standard InChI is InChI=1S/C32H33NO2/c1-19(2)16-26-20(3)35-31-24(26)13-14-28(34)29(31)25-12-9-15-33-30(25)22-17-21-10-7-8-11-23(21)27(18-22)32(4,5)6/h7-15,17-19,34H,16H2,1-6H3. The highest BCUT2D eigenvalue weighted by atomic mass is 16.3. The minimum absolute atomic E-state index is 0.0312. The van der Waals surface area contributed by atoms with Gasteiger partial charge in [-0.2, -0.15) is 0 Å². The highest BCUT2D eigenvalue weighted by Crippen LogP contribution is 2.44. The van der Waals surface area contributed by atoms with Gasteiger partial charge < -0.3 is 9.52 Å². The highest BCUT2D eigenvalue weighted by Gasteiger charge is 2.23. The molecule has 1 N–H and O–H groups in total. The number of aryl methyl sites for hydroxylation is 1. The molecule has 0 saturated carbocycles. The molecule has 0 aliphatic heterocycles. The number of furan rings is 1. The van der Waals surface area contributed by atoms with Crippen molar-refractivity contribution in [2.45, 2.75) is 53.4 Å². The molecule has 0 bridgehead atoms. The van der Waals surface area contributed by atoms with Crippen molar-refractivity contribution in [3.05, 3.63) is 83.7 Å². The largest absolute Gasteiger partial charge is 0.507 e. The maximum Gasteiger partial charge on any atom is 0.146 e. The molecule has 3 nitrogen and oxygen atoms in total. The Morgan fingerprint density at radius 1 is 0.943 bits per heavy atom. The van der Waals surface area contributed by atoms with Crippen molar-refractivity contribution in [3.63, 3.8) is 0 Å². The Balaban J connectivity index is 1.80. The Morgan fingerprint density at radius 2 is 1.71 bits per heavy atom. The third kappa shape index (κ3) is 4.10. The first-order valence-corrected chi connectivity index (χ1v) is 12.4. The number of pyridine rings is 1. The van der Waals surface area contributed by atoms with Crippen LogP contribution in [0.4, 0.5) is 0 Å². The topological polar surface area (TPSA) is 46.3 Å². The van der Waals surface area contributed by atoms with E-state index in [0.717, 1.165) is 40.0 Å². The van der Waals surface area contributed by atoms with E-state index in [0.29, 0.717) is 11.5 Å². The summed E-state index contributed by atoms with van der Waals surface area (Å²) in [4.78, 5) is 4.83. The molecule has 0 aliphatic rings. The highest BCUT2D eigenvalue weighted by molar-refractivity contribution is 6.02. The van der Waals surface area contributed by atoms with Crippen molar-refractivity contribution < 1.29 is 9.52 Å². The van der Waals surface area contributed by atoms with Crippen molar-refractivity contribution in [2.75, 3.05) is 0 Å². The molecular formula is C32H33NO2.